The smallest absolute Gasteiger partial charge is 0.335 e. The number of hydrogen-bond acceptors (Lipinski definition) is 3. The number of carbonyl (C=O) groups excluding carboxylic acids is 1. The van der Waals surface area contributed by atoms with E-state index in [1.807, 2.05) is 20.8 Å². The van der Waals surface area contributed by atoms with Crippen LogP contribution in [0, 0.1) is 0 Å². The summed E-state index contributed by atoms with van der Waals surface area (Å²) in [4.78, 5) is 22.2. The van der Waals surface area contributed by atoms with Crippen LogP contribution in [0.1, 0.15) is 36.7 Å². The van der Waals surface area contributed by atoms with Gasteiger partial charge in [-0.15, -0.1) is 0 Å². The van der Waals surface area contributed by atoms with Gasteiger partial charge in [0.2, 0.25) is 5.91 Å². The first-order chi connectivity index (χ1) is 8.78. The van der Waals surface area contributed by atoms with Crippen molar-refractivity contribution < 1.29 is 14.7 Å². The summed E-state index contributed by atoms with van der Waals surface area (Å²) in [5.74, 6) is -1.04. The van der Waals surface area contributed by atoms with E-state index in [1.54, 1.807) is 12.1 Å². The van der Waals surface area contributed by atoms with Crippen molar-refractivity contribution in [3.63, 3.8) is 0 Å². The molecule has 104 valence electrons. The van der Waals surface area contributed by atoms with Crippen molar-refractivity contribution in [3.8, 4) is 0 Å². The molecule has 0 aromatic heterocycles. The Morgan fingerprint density at radius 2 is 1.74 bits per heavy atom. The van der Waals surface area contributed by atoms with Gasteiger partial charge in [-0.25, -0.2) is 4.79 Å². The van der Waals surface area contributed by atoms with Crippen molar-refractivity contribution in [3.05, 3.63) is 35.4 Å². The number of hydrogen-bond donors (Lipinski definition) is 3. The quantitative estimate of drug-likeness (QED) is 0.751. The number of nitrogens with one attached hydrogen (secondary N) is 2. The molecule has 5 nitrogen and oxygen atoms in total. The van der Waals surface area contributed by atoms with Crippen molar-refractivity contribution >= 4 is 11.9 Å². The number of carboxylic acids is 1. The van der Waals surface area contributed by atoms with E-state index in [2.05, 4.69) is 10.6 Å². The third kappa shape index (κ3) is 6.01. The van der Waals surface area contributed by atoms with Crippen molar-refractivity contribution in [2.45, 2.75) is 32.9 Å². The van der Waals surface area contributed by atoms with E-state index in [-0.39, 0.29) is 23.6 Å². The van der Waals surface area contributed by atoms with Crippen LogP contribution in [-0.2, 0) is 11.3 Å². The summed E-state index contributed by atoms with van der Waals surface area (Å²) >= 11 is 0. The lowest BCUT2D eigenvalue weighted by Gasteiger charge is -2.20. The molecule has 1 aromatic rings. The molecule has 0 unspecified atom stereocenters. The molecule has 0 saturated carbocycles. The van der Waals surface area contributed by atoms with Gasteiger partial charge in [-0.2, -0.15) is 0 Å². The third-order valence-corrected chi connectivity index (χ3v) is 2.47. The van der Waals surface area contributed by atoms with Crippen LogP contribution in [0.2, 0.25) is 0 Å². The van der Waals surface area contributed by atoms with Gasteiger partial charge in [-0.1, -0.05) is 12.1 Å². The molecule has 0 saturated heterocycles. The molecule has 0 radical (unpaired) electrons. The Bertz CT molecular complexity index is 447. The first kappa shape index (κ1) is 15.2. The molecule has 3 N–H and O–H groups in total. The Kier molecular flexibility index (Phi) is 5.06. The van der Waals surface area contributed by atoms with E-state index in [4.69, 9.17) is 5.11 Å². The van der Waals surface area contributed by atoms with E-state index in [0.29, 0.717) is 6.54 Å². The fourth-order valence-electron chi connectivity index (χ4n) is 1.37. The minimum Gasteiger partial charge on any atom is -0.478 e. The van der Waals surface area contributed by atoms with Crippen molar-refractivity contribution in [2.24, 2.45) is 0 Å². The van der Waals surface area contributed by atoms with Gasteiger partial charge in [0.05, 0.1) is 12.1 Å². The van der Waals surface area contributed by atoms with Crippen molar-refractivity contribution in [2.75, 3.05) is 6.54 Å². The average Bonchev–Trinajstić information content (AvgIpc) is 2.33. The van der Waals surface area contributed by atoms with Crippen LogP contribution in [0.25, 0.3) is 0 Å². The summed E-state index contributed by atoms with van der Waals surface area (Å²) in [5, 5.41) is 14.6. The molecule has 0 heterocycles. The normalized spacial score (nSPS) is 11.1. The van der Waals surface area contributed by atoms with Crippen LogP contribution in [-0.4, -0.2) is 29.1 Å². The summed E-state index contributed by atoms with van der Waals surface area (Å²) in [7, 11) is 0. The van der Waals surface area contributed by atoms with Gasteiger partial charge >= 0.3 is 5.97 Å². The zero-order valence-electron chi connectivity index (χ0n) is 11.5. The van der Waals surface area contributed by atoms with Gasteiger partial charge in [-0.3, -0.25) is 4.79 Å². The van der Waals surface area contributed by atoms with Crippen LogP contribution in [0.15, 0.2) is 24.3 Å². The fraction of sp³-hybridized carbons (Fsp3) is 0.429. The lowest BCUT2D eigenvalue weighted by atomic mass is 10.1. The minimum absolute atomic E-state index is 0.0859. The number of carbonyl (C=O) groups is 2. The summed E-state index contributed by atoms with van der Waals surface area (Å²) < 4.78 is 0. The Morgan fingerprint density at radius 1 is 1.16 bits per heavy atom. The summed E-state index contributed by atoms with van der Waals surface area (Å²) in [6, 6.07) is 6.44. The molecule has 0 aliphatic carbocycles. The highest BCUT2D eigenvalue weighted by Gasteiger charge is 2.11. The topological polar surface area (TPSA) is 78.4 Å². The maximum atomic E-state index is 11.6. The lowest BCUT2D eigenvalue weighted by molar-refractivity contribution is -0.120. The standard InChI is InChI=1S/C14H20N2O3/c1-14(2,3)16-9-12(17)15-8-10-4-6-11(7-5-10)13(18)19/h4-7,16H,8-9H2,1-3H3,(H,15,17)(H,18,19). The second kappa shape index (κ2) is 6.33. The molecule has 0 fully saturated rings. The van der Waals surface area contributed by atoms with Crippen molar-refractivity contribution in [1.82, 2.24) is 10.6 Å². The Labute approximate surface area is 113 Å². The highest BCUT2D eigenvalue weighted by Crippen LogP contribution is 2.04. The van der Waals surface area contributed by atoms with Crippen LogP contribution >= 0.6 is 0 Å². The lowest BCUT2D eigenvalue weighted by Crippen LogP contribution is -2.43. The van der Waals surface area contributed by atoms with Crippen LogP contribution < -0.4 is 10.6 Å². The predicted octanol–water partition coefficient (Wildman–Crippen LogP) is 1.39. The molecular weight excluding hydrogens is 244 g/mol. The number of rotatable bonds is 5. The molecular formula is C14H20N2O3. The SMILES string of the molecule is CC(C)(C)NCC(=O)NCc1ccc(C(=O)O)cc1. The first-order valence-corrected chi connectivity index (χ1v) is 6.12. The van der Waals surface area contributed by atoms with Crippen LogP contribution in [0.5, 0.6) is 0 Å². The Morgan fingerprint density at radius 3 is 2.21 bits per heavy atom. The summed E-state index contributed by atoms with van der Waals surface area (Å²) in [5.41, 5.74) is 1.01. The van der Waals surface area contributed by atoms with Gasteiger partial charge in [-0.05, 0) is 38.5 Å². The minimum atomic E-state index is -0.954. The van der Waals surface area contributed by atoms with E-state index in [9.17, 15) is 9.59 Å². The number of carboxylic acid groups (broad SMARTS) is 1. The Hall–Kier alpha value is -1.88. The zero-order valence-corrected chi connectivity index (χ0v) is 11.5. The molecule has 19 heavy (non-hydrogen) atoms. The zero-order chi connectivity index (χ0) is 14.5. The van der Waals surface area contributed by atoms with E-state index < -0.39 is 5.97 Å². The average molecular weight is 264 g/mol. The number of benzene rings is 1. The van der Waals surface area contributed by atoms with Gasteiger partial charge in [0, 0.05) is 12.1 Å². The largest absolute Gasteiger partial charge is 0.478 e. The van der Waals surface area contributed by atoms with Gasteiger partial charge < -0.3 is 15.7 Å². The molecule has 0 atom stereocenters. The monoisotopic (exact) mass is 264 g/mol. The van der Waals surface area contributed by atoms with Gasteiger partial charge in [0.15, 0.2) is 0 Å². The third-order valence-electron chi connectivity index (χ3n) is 2.47. The van der Waals surface area contributed by atoms with E-state index in [0.717, 1.165) is 5.56 Å². The second-order valence-electron chi connectivity index (χ2n) is 5.38. The van der Waals surface area contributed by atoms with Gasteiger partial charge in [0.1, 0.15) is 0 Å². The predicted molar refractivity (Wildman–Crippen MR) is 73.0 cm³/mol. The Balaban J connectivity index is 2.40. The molecule has 1 rings (SSSR count). The molecule has 1 aromatic carbocycles. The molecule has 0 aliphatic rings. The highest BCUT2D eigenvalue weighted by atomic mass is 16.4. The maximum absolute atomic E-state index is 11.6. The van der Waals surface area contributed by atoms with Gasteiger partial charge in [0.25, 0.3) is 0 Å². The van der Waals surface area contributed by atoms with Crippen LogP contribution in [0.3, 0.4) is 0 Å². The highest BCUT2D eigenvalue weighted by molar-refractivity contribution is 5.87. The molecule has 1 amide bonds. The number of amides is 1. The van der Waals surface area contributed by atoms with E-state index >= 15 is 0 Å². The van der Waals surface area contributed by atoms with Crippen LogP contribution in [0.4, 0.5) is 0 Å². The number of aromatic carboxylic acids is 1. The molecule has 0 bridgehead atoms. The first-order valence-electron chi connectivity index (χ1n) is 6.12. The molecule has 5 heteroatoms. The van der Waals surface area contributed by atoms with Crippen molar-refractivity contribution in [1.29, 1.82) is 0 Å². The fourth-order valence-corrected chi connectivity index (χ4v) is 1.37. The molecule has 0 spiro atoms. The molecule has 0 aliphatic heterocycles. The van der Waals surface area contributed by atoms with E-state index in [1.165, 1.54) is 12.1 Å². The summed E-state index contributed by atoms with van der Waals surface area (Å²) in [6.07, 6.45) is 0. The maximum Gasteiger partial charge on any atom is 0.335 e. The summed E-state index contributed by atoms with van der Waals surface area (Å²) in [6.45, 7) is 6.63. The second-order valence-corrected chi connectivity index (χ2v) is 5.38.